The van der Waals surface area contributed by atoms with Crippen LogP contribution in [0.3, 0.4) is 0 Å². The third-order valence-electron chi connectivity index (χ3n) is 2.20. The van der Waals surface area contributed by atoms with Gasteiger partial charge in [0.1, 0.15) is 11.6 Å². The molecule has 0 aliphatic carbocycles. The van der Waals surface area contributed by atoms with Gasteiger partial charge in [0.05, 0.1) is 5.69 Å². The third-order valence-corrected chi connectivity index (χ3v) is 2.20. The number of hydrogen-bond donors (Lipinski definition) is 1. The summed E-state index contributed by atoms with van der Waals surface area (Å²) in [7, 11) is 0. The zero-order chi connectivity index (χ0) is 12.3. The fraction of sp³-hybridized carbons (Fsp3) is 0.385. The first-order valence-corrected chi connectivity index (χ1v) is 5.24. The van der Waals surface area contributed by atoms with Crippen LogP contribution in [0.4, 0.5) is 10.1 Å². The Labute approximate surface area is 95.9 Å². The van der Waals surface area contributed by atoms with Crippen LogP contribution in [0.2, 0.25) is 0 Å². The summed E-state index contributed by atoms with van der Waals surface area (Å²) >= 11 is 0. The highest BCUT2D eigenvalue weighted by Crippen LogP contribution is 2.31. The number of allylic oxidation sites excluding steroid dienone is 2. The molecule has 1 aromatic carbocycles. The molecule has 1 aromatic rings. The van der Waals surface area contributed by atoms with E-state index in [1.807, 2.05) is 33.8 Å². The first-order chi connectivity index (χ1) is 7.34. The van der Waals surface area contributed by atoms with Crippen LogP contribution >= 0.6 is 0 Å². The molecule has 88 valence electrons. The maximum absolute atomic E-state index is 13.0. The van der Waals surface area contributed by atoms with Crippen LogP contribution < -0.4 is 10.5 Å². The van der Waals surface area contributed by atoms with Gasteiger partial charge in [-0.25, -0.2) is 4.39 Å². The van der Waals surface area contributed by atoms with Crippen molar-refractivity contribution in [3.63, 3.8) is 0 Å². The van der Waals surface area contributed by atoms with Gasteiger partial charge in [-0.1, -0.05) is 20.8 Å². The summed E-state index contributed by atoms with van der Waals surface area (Å²) in [6.07, 6.45) is 1.87. The van der Waals surface area contributed by atoms with Crippen molar-refractivity contribution in [3.05, 3.63) is 35.9 Å². The van der Waals surface area contributed by atoms with E-state index in [2.05, 4.69) is 0 Å². The van der Waals surface area contributed by atoms with Crippen molar-refractivity contribution < 1.29 is 9.13 Å². The lowest BCUT2D eigenvalue weighted by Crippen LogP contribution is -2.15. The lowest BCUT2D eigenvalue weighted by atomic mass is 9.93. The number of anilines is 1. The van der Waals surface area contributed by atoms with Gasteiger partial charge in [0, 0.05) is 11.5 Å². The fourth-order valence-corrected chi connectivity index (χ4v) is 1.36. The molecule has 0 saturated carbocycles. The van der Waals surface area contributed by atoms with Crippen LogP contribution in [0.15, 0.2) is 30.0 Å². The first-order valence-electron chi connectivity index (χ1n) is 5.24. The molecule has 3 heteroatoms. The van der Waals surface area contributed by atoms with Crippen LogP contribution in [0.5, 0.6) is 5.75 Å². The number of nitrogen functional groups attached to an aromatic ring is 1. The molecule has 0 bridgehead atoms. The van der Waals surface area contributed by atoms with Gasteiger partial charge in [0.15, 0.2) is 5.75 Å². The number of halogens is 1. The standard InChI is InChI=1S/C13H18FNO/c1-5-12(13(2,3)4)16-11-8-9(14)6-7-10(11)15/h5-8H,15H2,1-4H3/b12-5-. The second-order valence-electron chi connectivity index (χ2n) is 4.69. The van der Waals surface area contributed by atoms with E-state index in [1.54, 1.807) is 0 Å². The van der Waals surface area contributed by atoms with Crippen LogP contribution in [-0.4, -0.2) is 0 Å². The molecule has 2 nitrogen and oxygen atoms in total. The smallest absolute Gasteiger partial charge is 0.152 e. The molecule has 2 N–H and O–H groups in total. The van der Waals surface area contributed by atoms with Gasteiger partial charge < -0.3 is 10.5 Å². The summed E-state index contributed by atoms with van der Waals surface area (Å²) in [6.45, 7) is 7.96. The van der Waals surface area contributed by atoms with E-state index in [1.165, 1.54) is 18.2 Å². The third kappa shape index (κ3) is 2.99. The van der Waals surface area contributed by atoms with Crippen LogP contribution in [0.1, 0.15) is 27.7 Å². The summed E-state index contributed by atoms with van der Waals surface area (Å²) in [6, 6.07) is 4.11. The molecule has 0 amide bonds. The molecule has 0 saturated heterocycles. The molecular weight excluding hydrogens is 205 g/mol. The highest BCUT2D eigenvalue weighted by atomic mass is 19.1. The number of benzene rings is 1. The Balaban J connectivity index is 3.00. The van der Waals surface area contributed by atoms with Gasteiger partial charge in [-0.2, -0.15) is 0 Å². The van der Waals surface area contributed by atoms with Gasteiger partial charge in [-0.3, -0.25) is 0 Å². The Bertz CT molecular complexity index is 405. The molecule has 0 aliphatic heterocycles. The Kier molecular flexibility index (Phi) is 3.58. The van der Waals surface area contributed by atoms with E-state index in [0.717, 1.165) is 5.76 Å². The second kappa shape index (κ2) is 4.56. The molecule has 16 heavy (non-hydrogen) atoms. The van der Waals surface area contributed by atoms with E-state index in [-0.39, 0.29) is 11.2 Å². The highest BCUT2D eigenvalue weighted by Gasteiger charge is 2.19. The molecule has 0 fully saturated rings. The van der Waals surface area contributed by atoms with Gasteiger partial charge in [0.25, 0.3) is 0 Å². The molecule has 0 unspecified atom stereocenters. The van der Waals surface area contributed by atoms with E-state index in [9.17, 15) is 4.39 Å². The Morgan fingerprint density at radius 2 is 2.00 bits per heavy atom. The maximum atomic E-state index is 13.0. The van der Waals surface area contributed by atoms with Crippen molar-refractivity contribution in [2.75, 3.05) is 5.73 Å². The van der Waals surface area contributed by atoms with Crippen molar-refractivity contribution >= 4 is 5.69 Å². The van der Waals surface area contributed by atoms with Crippen molar-refractivity contribution in [3.8, 4) is 5.75 Å². The molecule has 0 radical (unpaired) electrons. The number of ether oxygens (including phenoxy) is 1. The minimum atomic E-state index is -0.353. The van der Waals surface area contributed by atoms with E-state index in [4.69, 9.17) is 10.5 Å². The number of rotatable bonds is 2. The molecule has 0 aromatic heterocycles. The molecule has 0 aliphatic rings. The van der Waals surface area contributed by atoms with E-state index >= 15 is 0 Å². The normalized spacial score (nSPS) is 12.7. The summed E-state index contributed by atoms with van der Waals surface area (Å²) in [5, 5.41) is 0. The minimum absolute atomic E-state index is 0.131. The molecule has 0 heterocycles. The van der Waals surface area contributed by atoms with Crippen LogP contribution in [0.25, 0.3) is 0 Å². The van der Waals surface area contributed by atoms with Crippen LogP contribution in [-0.2, 0) is 0 Å². The summed E-state index contributed by atoms with van der Waals surface area (Å²) in [4.78, 5) is 0. The van der Waals surface area contributed by atoms with Crippen molar-refractivity contribution in [1.82, 2.24) is 0 Å². The molecular formula is C13H18FNO. The average Bonchev–Trinajstić information content (AvgIpc) is 2.17. The van der Waals surface area contributed by atoms with Gasteiger partial charge in [-0.15, -0.1) is 0 Å². The maximum Gasteiger partial charge on any atom is 0.152 e. The van der Waals surface area contributed by atoms with Crippen molar-refractivity contribution in [1.29, 1.82) is 0 Å². The van der Waals surface area contributed by atoms with E-state index < -0.39 is 0 Å². The summed E-state index contributed by atoms with van der Waals surface area (Å²) in [5.74, 6) is 0.779. The average molecular weight is 223 g/mol. The Morgan fingerprint density at radius 1 is 1.38 bits per heavy atom. The number of hydrogen-bond acceptors (Lipinski definition) is 2. The second-order valence-corrected chi connectivity index (χ2v) is 4.69. The molecule has 1 rings (SSSR count). The quantitative estimate of drug-likeness (QED) is 0.612. The molecule has 0 spiro atoms. The lowest BCUT2D eigenvalue weighted by Gasteiger charge is -2.23. The fourth-order valence-electron chi connectivity index (χ4n) is 1.36. The van der Waals surface area contributed by atoms with E-state index in [0.29, 0.717) is 11.4 Å². The number of nitrogens with two attached hydrogens (primary N) is 1. The zero-order valence-corrected chi connectivity index (χ0v) is 10.2. The Morgan fingerprint density at radius 3 is 2.50 bits per heavy atom. The predicted octanol–water partition coefficient (Wildman–Crippen LogP) is 3.74. The monoisotopic (exact) mass is 223 g/mol. The lowest BCUT2D eigenvalue weighted by molar-refractivity contribution is 0.293. The van der Waals surface area contributed by atoms with Crippen molar-refractivity contribution in [2.45, 2.75) is 27.7 Å². The van der Waals surface area contributed by atoms with Gasteiger partial charge in [-0.05, 0) is 25.1 Å². The van der Waals surface area contributed by atoms with Crippen molar-refractivity contribution in [2.24, 2.45) is 5.41 Å². The summed E-state index contributed by atoms with van der Waals surface area (Å²) < 4.78 is 18.7. The highest BCUT2D eigenvalue weighted by molar-refractivity contribution is 5.53. The molecule has 0 atom stereocenters. The van der Waals surface area contributed by atoms with Gasteiger partial charge in [0.2, 0.25) is 0 Å². The zero-order valence-electron chi connectivity index (χ0n) is 10.2. The topological polar surface area (TPSA) is 35.2 Å². The summed E-state index contributed by atoms with van der Waals surface area (Å²) in [5.41, 5.74) is 6.02. The predicted molar refractivity (Wildman–Crippen MR) is 64.7 cm³/mol. The van der Waals surface area contributed by atoms with Crippen LogP contribution in [0, 0.1) is 11.2 Å². The largest absolute Gasteiger partial charge is 0.459 e. The Hall–Kier alpha value is -1.51. The SMILES string of the molecule is C/C=C(\Oc1cc(F)ccc1N)C(C)(C)C. The first kappa shape index (κ1) is 12.6. The minimum Gasteiger partial charge on any atom is -0.459 e. The van der Waals surface area contributed by atoms with Gasteiger partial charge >= 0.3 is 0 Å².